The van der Waals surface area contributed by atoms with Gasteiger partial charge in [0.1, 0.15) is 0 Å². The number of ether oxygens (including phenoxy) is 1. The van der Waals surface area contributed by atoms with E-state index in [1.54, 1.807) is 0 Å². The molecule has 6 heteroatoms. The van der Waals surface area contributed by atoms with Crippen molar-refractivity contribution in [1.82, 2.24) is 9.03 Å². The largest absolute Gasteiger partial charge is 0.379 e. The van der Waals surface area contributed by atoms with Crippen LogP contribution in [-0.4, -0.2) is 39.0 Å². The average molecular weight is 282 g/mol. The number of nitrogens with zero attached hydrogens (tertiary/aromatic N) is 1. The van der Waals surface area contributed by atoms with Crippen molar-refractivity contribution in [3.05, 3.63) is 35.4 Å². The Balaban J connectivity index is 1.75. The van der Waals surface area contributed by atoms with Crippen LogP contribution in [0.1, 0.15) is 23.6 Å². The molecule has 1 N–H and O–H groups in total. The monoisotopic (exact) mass is 282 g/mol. The summed E-state index contributed by atoms with van der Waals surface area (Å²) in [5.74, 6) is 0. The van der Waals surface area contributed by atoms with E-state index in [0.717, 1.165) is 18.4 Å². The van der Waals surface area contributed by atoms with Crippen molar-refractivity contribution >= 4 is 10.2 Å². The van der Waals surface area contributed by atoms with Gasteiger partial charge in [0.05, 0.1) is 13.2 Å². The Morgan fingerprint density at radius 3 is 2.74 bits per heavy atom. The number of fused-ring (bicyclic) bond motifs is 1. The smallest absolute Gasteiger partial charge is 0.280 e. The molecule has 0 amide bonds. The third kappa shape index (κ3) is 2.67. The minimum Gasteiger partial charge on any atom is -0.379 e. The summed E-state index contributed by atoms with van der Waals surface area (Å²) in [7, 11) is -3.41. The molecular formula is C13H18N2O3S. The third-order valence-electron chi connectivity index (χ3n) is 3.73. The van der Waals surface area contributed by atoms with Crippen molar-refractivity contribution < 1.29 is 13.2 Å². The van der Waals surface area contributed by atoms with Gasteiger partial charge >= 0.3 is 0 Å². The van der Waals surface area contributed by atoms with E-state index in [9.17, 15) is 8.42 Å². The van der Waals surface area contributed by atoms with E-state index < -0.39 is 10.2 Å². The molecule has 1 heterocycles. The molecule has 3 rings (SSSR count). The van der Waals surface area contributed by atoms with Gasteiger partial charge in [-0.25, -0.2) is 0 Å². The lowest BCUT2D eigenvalue weighted by Gasteiger charge is -2.27. The zero-order valence-electron chi connectivity index (χ0n) is 10.7. The van der Waals surface area contributed by atoms with Gasteiger partial charge in [0, 0.05) is 19.1 Å². The Bertz CT molecular complexity index is 553. The summed E-state index contributed by atoms with van der Waals surface area (Å²) in [6, 6.07) is 7.94. The fraction of sp³-hybridized carbons (Fsp3) is 0.538. The number of nitrogens with one attached hydrogen (secondary N) is 1. The molecule has 1 aromatic rings. The van der Waals surface area contributed by atoms with Crippen LogP contribution >= 0.6 is 0 Å². The highest BCUT2D eigenvalue weighted by molar-refractivity contribution is 7.87. The Labute approximate surface area is 113 Å². The van der Waals surface area contributed by atoms with E-state index in [4.69, 9.17) is 4.74 Å². The lowest BCUT2D eigenvalue weighted by Crippen LogP contribution is -2.47. The van der Waals surface area contributed by atoms with Gasteiger partial charge in [-0.15, -0.1) is 0 Å². The topological polar surface area (TPSA) is 58.6 Å². The second-order valence-electron chi connectivity index (χ2n) is 4.92. The van der Waals surface area contributed by atoms with Crippen molar-refractivity contribution in [3.8, 4) is 0 Å². The molecule has 0 unspecified atom stereocenters. The van der Waals surface area contributed by atoms with E-state index in [2.05, 4.69) is 10.8 Å². The first-order valence-electron chi connectivity index (χ1n) is 6.60. The standard InChI is InChI=1S/C13H18N2O3S/c16-19(17,15-7-9-18-10-8-15)14-13-6-5-11-3-1-2-4-12(11)13/h1-4,13-14H,5-10H2/t13-/m1/s1. The lowest BCUT2D eigenvalue weighted by atomic mass is 10.1. The van der Waals surface area contributed by atoms with Gasteiger partial charge in [0.2, 0.25) is 0 Å². The van der Waals surface area contributed by atoms with Crippen molar-refractivity contribution in [3.63, 3.8) is 0 Å². The Morgan fingerprint density at radius 2 is 1.95 bits per heavy atom. The van der Waals surface area contributed by atoms with Crippen molar-refractivity contribution in [2.75, 3.05) is 26.3 Å². The summed E-state index contributed by atoms with van der Waals surface area (Å²) >= 11 is 0. The highest BCUT2D eigenvalue weighted by Crippen LogP contribution is 2.31. The summed E-state index contributed by atoms with van der Waals surface area (Å²) in [6.07, 6.45) is 1.77. The molecule has 0 spiro atoms. The highest BCUT2D eigenvalue weighted by atomic mass is 32.2. The van der Waals surface area contributed by atoms with Crippen LogP contribution in [0.4, 0.5) is 0 Å². The number of hydrogen-bond donors (Lipinski definition) is 1. The second kappa shape index (κ2) is 5.20. The van der Waals surface area contributed by atoms with Crippen LogP contribution in [0.25, 0.3) is 0 Å². The molecule has 0 aromatic heterocycles. The first kappa shape index (κ1) is 13.1. The van der Waals surface area contributed by atoms with Gasteiger partial charge in [-0.1, -0.05) is 24.3 Å². The molecule has 1 saturated heterocycles. The summed E-state index contributed by atoms with van der Waals surface area (Å²) < 4.78 is 34.1. The molecule has 1 fully saturated rings. The minimum atomic E-state index is -3.41. The van der Waals surface area contributed by atoms with Crippen molar-refractivity contribution in [2.45, 2.75) is 18.9 Å². The first-order chi connectivity index (χ1) is 9.17. The van der Waals surface area contributed by atoms with Gasteiger partial charge in [0.25, 0.3) is 10.2 Å². The molecule has 1 aliphatic heterocycles. The van der Waals surface area contributed by atoms with Gasteiger partial charge < -0.3 is 4.74 Å². The van der Waals surface area contributed by atoms with Gasteiger partial charge in [-0.05, 0) is 24.0 Å². The van der Waals surface area contributed by atoms with Crippen LogP contribution in [0.2, 0.25) is 0 Å². The van der Waals surface area contributed by atoms with Crippen LogP contribution in [-0.2, 0) is 21.4 Å². The molecule has 0 bridgehead atoms. The third-order valence-corrected chi connectivity index (χ3v) is 5.36. The Morgan fingerprint density at radius 1 is 1.21 bits per heavy atom. The molecule has 0 saturated carbocycles. The lowest BCUT2D eigenvalue weighted by molar-refractivity contribution is 0.0723. The molecule has 1 aromatic carbocycles. The second-order valence-corrected chi connectivity index (χ2v) is 6.63. The zero-order chi connectivity index (χ0) is 13.3. The number of aryl methyl sites for hydroxylation is 1. The number of hydrogen-bond acceptors (Lipinski definition) is 3. The molecule has 2 aliphatic rings. The predicted octanol–water partition coefficient (Wildman–Crippen LogP) is 0.841. The summed E-state index contributed by atoms with van der Waals surface area (Å²) in [5.41, 5.74) is 2.36. The number of rotatable bonds is 3. The van der Waals surface area contributed by atoms with Crippen LogP contribution in [0.3, 0.4) is 0 Å². The maximum absolute atomic E-state index is 12.3. The van der Waals surface area contributed by atoms with Gasteiger partial charge in [-0.2, -0.15) is 17.4 Å². The quantitative estimate of drug-likeness (QED) is 0.894. The number of morpholine rings is 1. The fourth-order valence-corrected chi connectivity index (χ4v) is 4.10. The molecule has 19 heavy (non-hydrogen) atoms. The SMILES string of the molecule is O=S(=O)(N[C@@H]1CCc2ccccc21)N1CCOCC1. The van der Waals surface area contributed by atoms with Gasteiger partial charge in [0.15, 0.2) is 0 Å². The Kier molecular flexibility index (Phi) is 3.58. The fourth-order valence-electron chi connectivity index (χ4n) is 2.72. The van der Waals surface area contributed by atoms with Gasteiger partial charge in [-0.3, -0.25) is 0 Å². The number of benzene rings is 1. The van der Waals surface area contributed by atoms with Crippen LogP contribution in [0, 0.1) is 0 Å². The molecule has 104 valence electrons. The van der Waals surface area contributed by atoms with Crippen LogP contribution < -0.4 is 4.72 Å². The van der Waals surface area contributed by atoms with E-state index in [1.807, 2.05) is 18.2 Å². The Hall–Kier alpha value is -0.950. The molecule has 5 nitrogen and oxygen atoms in total. The van der Waals surface area contributed by atoms with Crippen molar-refractivity contribution in [1.29, 1.82) is 0 Å². The molecule has 1 atom stereocenters. The van der Waals surface area contributed by atoms with Crippen LogP contribution in [0.15, 0.2) is 24.3 Å². The van der Waals surface area contributed by atoms with E-state index in [-0.39, 0.29) is 6.04 Å². The predicted molar refractivity (Wildman–Crippen MR) is 72.0 cm³/mol. The normalized spacial score (nSPS) is 24.3. The first-order valence-corrected chi connectivity index (χ1v) is 8.04. The maximum atomic E-state index is 12.3. The molecule has 1 aliphatic carbocycles. The summed E-state index contributed by atoms with van der Waals surface area (Å²) in [5, 5.41) is 0. The van der Waals surface area contributed by atoms with E-state index in [0.29, 0.717) is 26.3 Å². The highest BCUT2D eigenvalue weighted by Gasteiger charge is 2.30. The zero-order valence-corrected chi connectivity index (χ0v) is 11.5. The van der Waals surface area contributed by atoms with Crippen LogP contribution in [0.5, 0.6) is 0 Å². The minimum absolute atomic E-state index is 0.0935. The maximum Gasteiger partial charge on any atom is 0.280 e. The van der Waals surface area contributed by atoms with Crippen molar-refractivity contribution in [2.24, 2.45) is 0 Å². The van der Waals surface area contributed by atoms with E-state index in [1.165, 1.54) is 9.87 Å². The summed E-state index contributed by atoms with van der Waals surface area (Å²) in [4.78, 5) is 0. The molecule has 0 radical (unpaired) electrons. The van der Waals surface area contributed by atoms with E-state index >= 15 is 0 Å². The summed E-state index contributed by atoms with van der Waals surface area (Å²) in [6.45, 7) is 1.82. The average Bonchev–Trinajstić information content (AvgIpc) is 2.83. The molecular weight excluding hydrogens is 264 g/mol.